The van der Waals surface area contributed by atoms with E-state index < -0.39 is 0 Å². The number of imidazole rings is 1. The van der Waals surface area contributed by atoms with Crippen molar-refractivity contribution in [3.05, 3.63) is 23.5 Å². The Balaban J connectivity index is 1.68. The maximum absolute atomic E-state index is 11.7. The molecule has 6 heteroatoms. The van der Waals surface area contributed by atoms with E-state index in [2.05, 4.69) is 10.3 Å². The van der Waals surface area contributed by atoms with Crippen LogP contribution >= 0.6 is 11.3 Å². The smallest absolute Gasteiger partial charge is 0.226 e. The predicted molar refractivity (Wildman–Crippen MR) is 75.5 cm³/mol. The van der Waals surface area contributed by atoms with Crippen molar-refractivity contribution < 1.29 is 9.53 Å². The van der Waals surface area contributed by atoms with Crippen LogP contribution in [-0.4, -0.2) is 34.5 Å². The van der Waals surface area contributed by atoms with Crippen LogP contribution in [0.4, 0.5) is 0 Å². The minimum absolute atomic E-state index is 0.00954. The zero-order chi connectivity index (χ0) is 13.7. The van der Waals surface area contributed by atoms with E-state index in [4.69, 9.17) is 4.74 Å². The van der Waals surface area contributed by atoms with E-state index >= 15 is 0 Å². The van der Waals surface area contributed by atoms with Crippen molar-refractivity contribution in [2.45, 2.75) is 32.8 Å². The van der Waals surface area contributed by atoms with Crippen LogP contribution in [0, 0.1) is 0 Å². The highest BCUT2D eigenvalue weighted by molar-refractivity contribution is 7.15. The summed E-state index contributed by atoms with van der Waals surface area (Å²) in [4.78, 5) is 17.0. The van der Waals surface area contributed by atoms with E-state index in [9.17, 15) is 4.79 Å². The number of thiazole rings is 1. The minimum Gasteiger partial charge on any atom is -0.379 e. The SMILES string of the molecule is CC(C)OCCCNC(=O)Cc1cn2ccsc2n1. The molecule has 0 radical (unpaired) electrons. The molecule has 0 aliphatic rings. The minimum atomic E-state index is 0.00954. The number of hydrogen-bond donors (Lipinski definition) is 1. The van der Waals surface area contributed by atoms with Crippen molar-refractivity contribution in [1.82, 2.24) is 14.7 Å². The van der Waals surface area contributed by atoms with Gasteiger partial charge in [-0.05, 0) is 20.3 Å². The van der Waals surface area contributed by atoms with Gasteiger partial charge >= 0.3 is 0 Å². The molecule has 0 aliphatic carbocycles. The predicted octanol–water partition coefficient (Wildman–Crippen LogP) is 1.87. The Morgan fingerprint density at radius 2 is 2.42 bits per heavy atom. The number of nitrogens with zero attached hydrogens (tertiary/aromatic N) is 2. The molecule has 1 N–H and O–H groups in total. The highest BCUT2D eigenvalue weighted by Crippen LogP contribution is 2.11. The van der Waals surface area contributed by atoms with E-state index in [1.165, 1.54) is 0 Å². The van der Waals surface area contributed by atoms with Gasteiger partial charge in [-0.1, -0.05) is 0 Å². The van der Waals surface area contributed by atoms with Crippen molar-refractivity contribution in [2.24, 2.45) is 0 Å². The Morgan fingerprint density at radius 3 is 3.16 bits per heavy atom. The van der Waals surface area contributed by atoms with Crippen LogP contribution in [0.5, 0.6) is 0 Å². The summed E-state index contributed by atoms with van der Waals surface area (Å²) >= 11 is 1.57. The number of ether oxygens (including phenoxy) is 1. The topological polar surface area (TPSA) is 55.6 Å². The van der Waals surface area contributed by atoms with Gasteiger partial charge in [-0.2, -0.15) is 0 Å². The van der Waals surface area contributed by atoms with Gasteiger partial charge < -0.3 is 10.1 Å². The van der Waals surface area contributed by atoms with Gasteiger partial charge in [0, 0.05) is 30.9 Å². The quantitative estimate of drug-likeness (QED) is 0.788. The molecule has 0 aromatic carbocycles. The van der Waals surface area contributed by atoms with E-state index in [0.717, 1.165) is 17.1 Å². The van der Waals surface area contributed by atoms with Gasteiger partial charge in [0.05, 0.1) is 18.2 Å². The van der Waals surface area contributed by atoms with Crippen LogP contribution in [-0.2, 0) is 16.0 Å². The highest BCUT2D eigenvalue weighted by Gasteiger charge is 2.07. The van der Waals surface area contributed by atoms with Gasteiger partial charge in [-0.3, -0.25) is 9.20 Å². The first-order valence-electron chi connectivity index (χ1n) is 6.44. The summed E-state index contributed by atoms with van der Waals surface area (Å²) in [5.74, 6) is 0.00954. The molecule has 2 rings (SSSR count). The average molecular weight is 281 g/mol. The zero-order valence-electron chi connectivity index (χ0n) is 11.3. The van der Waals surface area contributed by atoms with Gasteiger partial charge in [0.25, 0.3) is 0 Å². The first-order valence-corrected chi connectivity index (χ1v) is 7.32. The molecule has 2 aromatic rings. The van der Waals surface area contributed by atoms with E-state index in [1.54, 1.807) is 11.3 Å². The first kappa shape index (κ1) is 14.0. The van der Waals surface area contributed by atoms with Crippen LogP contribution in [0.25, 0.3) is 4.96 Å². The second-order valence-corrected chi connectivity index (χ2v) is 5.50. The molecule has 0 saturated carbocycles. The van der Waals surface area contributed by atoms with Crippen LogP contribution in [0.1, 0.15) is 26.0 Å². The van der Waals surface area contributed by atoms with Crippen LogP contribution in [0.15, 0.2) is 17.8 Å². The fraction of sp³-hybridized carbons (Fsp3) is 0.538. The molecule has 0 unspecified atom stereocenters. The summed E-state index contributed by atoms with van der Waals surface area (Å²) in [6, 6.07) is 0. The van der Waals surface area contributed by atoms with E-state index in [-0.39, 0.29) is 12.0 Å². The molecule has 0 spiro atoms. The molecule has 2 heterocycles. The number of amides is 1. The number of fused-ring (bicyclic) bond motifs is 1. The third-order valence-corrected chi connectivity index (χ3v) is 3.35. The summed E-state index contributed by atoms with van der Waals surface area (Å²) in [6.07, 6.45) is 5.25. The summed E-state index contributed by atoms with van der Waals surface area (Å²) in [5.41, 5.74) is 0.808. The lowest BCUT2D eigenvalue weighted by Crippen LogP contribution is -2.27. The van der Waals surface area contributed by atoms with Crippen molar-refractivity contribution in [3.63, 3.8) is 0 Å². The highest BCUT2D eigenvalue weighted by atomic mass is 32.1. The lowest BCUT2D eigenvalue weighted by atomic mass is 10.3. The van der Waals surface area contributed by atoms with E-state index in [0.29, 0.717) is 19.6 Å². The average Bonchev–Trinajstić information content (AvgIpc) is 2.88. The molecule has 0 saturated heterocycles. The number of rotatable bonds is 7. The van der Waals surface area contributed by atoms with E-state index in [1.807, 2.05) is 36.0 Å². The summed E-state index contributed by atoms with van der Waals surface area (Å²) in [7, 11) is 0. The molecule has 0 fully saturated rings. The van der Waals surface area contributed by atoms with Crippen LogP contribution < -0.4 is 5.32 Å². The number of carbonyl (C=O) groups excluding carboxylic acids is 1. The molecule has 2 aromatic heterocycles. The van der Waals surface area contributed by atoms with Crippen LogP contribution in [0.3, 0.4) is 0 Å². The number of aromatic nitrogens is 2. The lowest BCUT2D eigenvalue weighted by molar-refractivity contribution is -0.120. The zero-order valence-corrected chi connectivity index (χ0v) is 12.1. The summed E-state index contributed by atoms with van der Waals surface area (Å²) in [5, 5.41) is 4.85. The maximum Gasteiger partial charge on any atom is 0.226 e. The van der Waals surface area contributed by atoms with Crippen molar-refractivity contribution in [3.8, 4) is 0 Å². The monoisotopic (exact) mass is 281 g/mol. The molecule has 104 valence electrons. The third-order valence-electron chi connectivity index (χ3n) is 2.58. The molecule has 0 bridgehead atoms. The van der Waals surface area contributed by atoms with Crippen molar-refractivity contribution >= 4 is 22.2 Å². The van der Waals surface area contributed by atoms with Crippen molar-refractivity contribution in [2.75, 3.05) is 13.2 Å². The Morgan fingerprint density at radius 1 is 1.58 bits per heavy atom. The second-order valence-electron chi connectivity index (χ2n) is 4.62. The number of carbonyl (C=O) groups is 1. The number of hydrogen-bond acceptors (Lipinski definition) is 4. The molecule has 0 aliphatic heterocycles. The molecule has 19 heavy (non-hydrogen) atoms. The van der Waals surface area contributed by atoms with Crippen LogP contribution in [0.2, 0.25) is 0 Å². The fourth-order valence-corrected chi connectivity index (χ4v) is 2.43. The van der Waals surface area contributed by atoms with Gasteiger partial charge in [0.2, 0.25) is 5.91 Å². The maximum atomic E-state index is 11.7. The molecular formula is C13H19N3O2S. The largest absolute Gasteiger partial charge is 0.379 e. The van der Waals surface area contributed by atoms with Gasteiger partial charge in [0.1, 0.15) is 0 Å². The first-order chi connectivity index (χ1) is 9.15. The molecule has 0 atom stereocenters. The second kappa shape index (κ2) is 6.68. The summed E-state index contributed by atoms with van der Waals surface area (Å²) < 4.78 is 7.34. The van der Waals surface area contributed by atoms with Gasteiger partial charge in [-0.25, -0.2) is 4.98 Å². The standard InChI is InChI=1S/C13H19N3O2S/c1-10(2)18-6-3-4-14-12(17)8-11-9-16-5-7-19-13(16)15-11/h5,7,9-10H,3-4,6,8H2,1-2H3,(H,14,17). The molecule has 1 amide bonds. The molecular weight excluding hydrogens is 262 g/mol. The lowest BCUT2D eigenvalue weighted by Gasteiger charge is -2.07. The fourth-order valence-electron chi connectivity index (χ4n) is 1.71. The Kier molecular flexibility index (Phi) is 4.93. The van der Waals surface area contributed by atoms with Crippen molar-refractivity contribution in [1.29, 1.82) is 0 Å². The third kappa shape index (κ3) is 4.33. The molecule has 5 nitrogen and oxygen atoms in total. The van der Waals surface area contributed by atoms with Gasteiger partial charge in [0.15, 0.2) is 4.96 Å². The Bertz CT molecular complexity index is 504. The Labute approximate surface area is 116 Å². The number of nitrogens with one attached hydrogen (secondary N) is 1. The normalized spacial score (nSPS) is 11.3. The summed E-state index contributed by atoms with van der Waals surface area (Å²) in [6.45, 7) is 5.33. The van der Waals surface area contributed by atoms with Gasteiger partial charge in [-0.15, -0.1) is 11.3 Å². The Hall–Kier alpha value is -1.40.